The van der Waals surface area contributed by atoms with Crippen LogP contribution in [0.5, 0.6) is 0 Å². The zero-order valence-electron chi connectivity index (χ0n) is 17.1. The molecule has 0 fully saturated rings. The van der Waals surface area contributed by atoms with Crippen molar-refractivity contribution in [3.63, 3.8) is 0 Å². The van der Waals surface area contributed by atoms with Gasteiger partial charge in [0.05, 0.1) is 36.0 Å². The van der Waals surface area contributed by atoms with Gasteiger partial charge in [-0.05, 0) is 31.0 Å². The molecule has 0 aliphatic rings. The highest BCUT2D eigenvalue weighted by Gasteiger charge is 2.23. The van der Waals surface area contributed by atoms with Crippen LogP contribution >= 0.6 is 0 Å². The van der Waals surface area contributed by atoms with Gasteiger partial charge in [-0.15, -0.1) is 0 Å². The van der Waals surface area contributed by atoms with Crippen molar-refractivity contribution in [3.05, 3.63) is 76.3 Å². The number of amides is 1. The quantitative estimate of drug-likeness (QED) is 0.636. The molecule has 1 amide bonds. The molecule has 0 unspecified atom stereocenters. The summed E-state index contributed by atoms with van der Waals surface area (Å²) < 4.78 is 6.76. The Labute approximate surface area is 170 Å². The maximum atomic E-state index is 13.0. The number of para-hydroxylation sites is 1. The molecule has 0 saturated heterocycles. The van der Waals surface area contributed by atoms with E-state index in [2.05, 4.69) is 5.32 Å². The highest BCUT2D eigenvalue weighted by atomic mass is 16.5. The third-order valence-corrected chi connectivity index (χ3v) is 5.08. The van der Waals surface area contributed by atoms with E-state index in [4.69, 9.17) is 9.72 Å². The lowest BCUT2D eigenvalue weighted by Crippen LogP contribution is -2.36. The van der Waals surface area contributed by atoms with E-state index in [1.165, 1.54) is 0 Å². The summed E-state index contributed by atoms with van der Waals surface area (Å²) in [4.78, 5) is 30.7. The van der Waals surface area contributed by atoms with Crippen LogP contribution in [0.15, 0.2) is 59.4 Å². The Bertz CT molecular complexity index is 1030. The second-order valence-corrected chi connectivity index (χ2v) is 7.04. The Hall–Kier alpha value is -2.99. The fourth-order valence-corrected chi connectivity index (χ4v) is 3.55. The molecule has 1 aromatic heterocycles. The highest BCUT2D eigenvalue weighted by Crippen LogP contribution is 2.21. The van der Waals surface area contributed by atoms with Crippen LogP contribution in [0.2, 0.25) is 0 Å². The number of nitrogens with one attached hydrogen (secondary N) is 1. The summed E-state index contributed by atoms with van der Waals surface area (Å²) in [5.41, 5.74) is 1.47. The first-order valence-corrected chi connectivity index (χ1v) is 9.90. The molecule has 0 aliphatic heterocycles. The Balaban J connectivity index is 1.94. The number of fused-ring (bicyclic) bond motifs is 1. The molecule has 3 aromatic rings. The largest absolute Gasteiger partial charge is 0.383 e. The van der Waals surface area contributed by atoms with Gasteiger partial charge in [-0.25, -0.2) is 4.98 Å². The van der Waals surface area contributed by atoms with Gasteiger partial charge in [0.25, 0.3) is 5.56 Å². The van der Waals surface area contributed by atoms with Crippen molar-refractivity contribution in [2.24, 2.45) is 0 Å². The van der Waals surface area contributed by atoms with Crippen LogP contribution in [0.3, 0.4) is 0 Å². The van der Waals surface area contributed by atoms with Gasteiger partial charge in [-0.2, -0.15) is 0 Å². The zero-order valence-corrected chi connectivity index (χ0v) is 17.1. The van der Waals surface area contributed by atoms with Gasteiger partial charge in [-0.1, -0.05) is 49.4 Å². The monoisotopic (exact) mass is 393 g/mol. The summed E-state index contributed by atoms with van der Waals surface area (Å²) in [6, 6.07) is 16.6. The SMILES string of the molecule is CC[C@@H](C(=O)N[C@@H](C)c1nc2ccccc2c(=O)n1CCOC)c1ccccc1. The van der Waals surface area contributed by atoms with Crippen LogP contribution in [0, 0.1) is 0 Å². The second-order valence-electron chi connectivity index (χ2n) is 7.04. The fourth-order valence-electron chi connectivity index (χ4n) is 3.55. The van der Waals surface area contributed by atoms with Gasteiger partial charge >= 0.3 is 0 Å². The van der Waals surface area contributed by atoms with Gasteiger partial charge < -0.3 is 10.1 Å². The van der Waals surface area contributed by atoms with E-state index in [1.807, 2.05) is 62.4 Å². The minimum atomic E-state index is -0.422. The Morgan fingerprint density at radius 3 is 2.52 bits per heavy atom. The molecule has 0 bridgehead atoms. The summed E-state index contributed by atoms with van der Waals surface area (Å²) in [6.45, 7) is 4.61. The fraction of sp³-hybridized carbons (Fsp3) is 0.348. The van der Waals surface area contributed by atoms with E-state index in [0.29, 0.717) is 36.3 Å². The summed E-state index contributed by atoms with van der Waals surface area (Å²) >= 11 is 0. The zero-order chi connectivity index (χ0) is 20.8. The minimum Gasteiger partial charge on any atom is -0.383 e. The minimum absolute atomic E-state index is 0.0769. The molecule has 1 N–H and O–H groups in total. The smallest absolute Gasteiger partial charge is 0.261 e. The highest BCUT2D eigenvalue weighted by molar-refractivity contribution is 5.84. The number of methoxy groups -OCH3 is 1. The Kier molecular flexibility index (Phi) is 6.77. The molecule has 2 atom stereocenters. The molecular formula is C23H27N3O3. The number of rotatable bonds is 8. The number of carbonyl (C=O) groups is 1. The normalized spacial score (nSPS) is 13.2. The third-order valence-electron chi connectivity index (χ3n) is 5.08. The molecule has 152 valence electrons. The van der Waals surface area contributed by atoms with E-state index < -0.39 is 6.04 Å². The molecule has 2 aromatic carbocycles. The lowest BCUT2D eigenvalue weighted by molar-refractivity contribution is -0.123. The van der Waals surface area contributed by atoms with Crippen LogP contribution in [0.4, 0.5) is 0 Å². The lowest BCUT2D eigenvalue weighted by Gasteiger charge is -2.22. The molecule has 6 nitrogen and oxygen atoms in total. The standard InChI is InChI=1S/C23H27N3O3/c1-4-18(17-10-6-5-7-11-17)22(27)24-16(2)21-25-20-13-9-8-12-19(20)23(28)26(21)14-15-29-3/h5-13,16,18H,4,14-15H2,1-3H3,(H,24,27)/t16-,18+/m0/s1. The van der Waals surface area contributed by atoms with Crippen LogP contribution < -0.4 is 10.9 Å². The molecule has 0 saturated carbocycles. The predicted octanol–water partition coefficient (Wildman–Crippen LogP) is 3.41. The van der Waals surface area contributed by atoms with E-state index in [1.54, 1.807) is 17.7 Å². The molecule has 0 spiro atoms. The number of benzene rings is 2. The average Bonchev–Trinajstić information content (AvgIpc) is 2.74. The summed E-state index contributed by atoms with van der Waals surface area (Å²) in [5, 5.41) is 3.61. The average molecular weight is 393 g/mol. The van der Waals surface area contributed by atoms with E-state index in [-0.39, 0.29) is 17.4 Å². The Morgan fingerprint density at radius 2 is 1.83 bits per heavy atom. The summed E-state index contributed by atoms with van der Waals surface area (Å²) in [6.07, 6.45) is 0.685. The van der Waals surface area contributed by atoms with E-state index in [0.717, 1.165) is 5.56 Å². The lowest BCUT2D eigenvalue weighted by atomic mass is 9.95. The van der Waals surface area contributed by atoms with Crippen molar-refractivity contribution in [2.75, 3.05) is 13.7 Å². The van der Waals surface area contributed by atoms with Crippen molar-refractivity contribution in [1.29, 1.82) is 0 Å². The number of hydrogen-bond donors (Lipinski definition) is 1. The predicted molar refractivity (Wildman–Crippen MR) is 114 cm³/mol. The number of ether oxygens (including phenoxy) is 1. The van der Waals surface area contributed by atoms with Crippen LogP contribution in [-0.4, -0.2) is 29.2 Å². The molecule has 0 aliphatic carbocycles. The first-order valence-electron chi connectivity index (χ1n) is 9.90. The number of hydrogen-bond acceptors (Lipinski definition) is 4. The number of aromatic nitrogens is 2. The van der Waals surface area contributed by atoms with Gasteiger partial charge in [0.2, 0.25) is 5.91 Å². The van der Waals surface area contributed by atoms with E-state index in [9.17, 15) is 9.59 Å². The molecular weight excluding hydrogens is 366 g/mol. The molecule has 0 radical (unpaired) electrons. The van der Waals surface area contributed by atoms with Gasteiger partial charge in [0, 0.05) is 7.11 Å². The topological polar surface area (TPSA) is 73.2 Å². The van der Waals surface area contributed by atoms with Crippen molar-refractivity contribution >= 4 is 16.8 Å². The first kappa shape index (κ1) is 20.7. The molecule has 3 rings (SSSR count). The van der Waals surface area contributed by atoms with Gasteiger partial charge in [-0.3, -0.25) is 14.2 Å². The summed E-state index contributed by atoms with van der Waals surface area (Å²) in [7, 11) is 1.59. The number of nitrogens with zero attached hydrogens (tertiary/aromatic N) is 2. The van der Waals surface area contributed by atoms with E-state index >= 15 is 0 Å². The van der Waals surface area contributed by atoms with Crippen LogP contribution in [0.1, 0.15) is 43.6 Å². The maximum absolute atomic E-state index is 13.0. The molecule has 6 heteroatoms. The molecule has 1 heterocycles. The summed E-state index contributed by atoms with van der Waals surface area (Å²) in [5.74, 6) is 0.201. The van der Waals surface area contributed by atoms with Crippen molar-refractivity contribution < 1.29 is 9.53 Å². The maximum Gasteiger partial charge on any atom is 0.261 e. The first-order chi connectivity index (χ1) is 14.1. The van der Waals surface area contributed by atoms with Crippen LogP contribution in [0.25, 0.3) is 10.9 Å². The van der Waals surface area contributed by atoms with Crippen LogP contribution in [-0.2, 0) is 16.1 Å². The van der Waals surface area contributed by atoms with Crippen molar-refractivity contribution in [2.45, 2.75) is 38.8 Å². The van der Waals surface area contributed by atoms with Crippen molar-refractivity contribution in [3.8, 4) is 0 Å². The van der Waals surface area contributed by atoms with Gasteiger partial charge in [0.1, 0.15) is 5.82 Å². The molecule has 29 heavy (non-hydrogen) atoms. The Morgan fingerprint density at radius 1 is 1.14 bits per heavy atom. The van der Waals surface area contributed by atoms with Gasteiger partial charge in [0.15, 0.2) is 0 Å². The number of carbonyl (C=O) groups excluding carboxylic acids is 1. The van der Waals surface area contributed by atoms with Crippen molar-refractivity contribution in [1.82, 2.24) is 14.9 Å². The second kappa shape index (κ2) is 9.47. The third kappa shape index (κ3) is 4.54.